The van der Waals surface area contributed by atoms with Crippen molar-refractivity contribution >= 4 is 11.8 Å². The Morgan fingerprint density at radius 2 is 2.23 bits per heavy atom. The van der Waals surface area contributed by atoms with E-state index in [1.54, 1.807) is 6.07 Å². The molecule has 1 aliphatic heterocycles. The molecule has 1 aliphatic rings. The van der Waals surface area contributed by atoms with Gasteiger partial charge in [0.25, 0.3) is 0 Å². The van der Waals surface area contributed by atoms with Crippen molar-refractivity contribution in [2.45, 2.75) is 39.7 Å². The van der Waals surface area contributed by atoms with Gasteiger partial charge in [0.2, 0.25) is 11.8 Å². The van der Waals surface area contributed by atoms with E-state index in [4.69, 9.17) is 0 Å². The molecular formula is C17H23FN2O2. The van der Waals surface area contributed by atoms with Crippen LogP contribution in [-0.4, -0.2) is 24.4 Å². The van der Waals surface area contributed by atoms with Gasteiger partial charge in [-0.1, -0.05) is 32.9 Å². The second-order valence-electron chi connectivity index (χ2n) is 6.85. The number of rotatable bonds is 5. The maximum Gasteiger partial charge on any atom is 0.243 e. The second kappa shape index (κ2) is 6.46. The van der Waals surface area contributed by atoms with Gasteiger partial charge in [0.05, 0.1) is 0 Å². The monoisotopic (exact) mass is 306 g/mol. The maximum atomic E-state index is 13.2. The Morgan fingerprint density at radius 3 is 2.82 bits per heavy atom. The Bertz CT molecular complexity index is 572. The van der Waals surface area contributed by atoms with E-state index in [1.807, 2.05) is 26.8 Å². The molecule has 2 amide bonds. The van der Waals surface area contributed by atoms with Gasteiger partial charge in [-0.2, -0.15) is 0 Å². The standard InChI is InChI=1S/C17H23FN2O2/c1-11(7-12-5-4-6-13(18)9-12)8-14(21)20-15-16(22)19-10-17(15,2)3/h4-6,9,11,15H,7-8,10H2,1-3H3,(H,19,22)(H,20,21)/t11-,15-/m0/s1. The van der Waals surface area contributed by atoms with Crippen molar-refractivity contribution in [3.8, 4) is 0 Å². The molecule has 1 heterocycles. The lowest BCUT2D eigenvalue weighted by atomic mass is 9.87. The lowest BCUT2D eigenvalue weighted by Gasteiger charge is -2.25. The highest BCUT2D eigenvalue weighted by atomic mass is 19.1. The Hall–Kier alpha value is -1.91. The van der Waals surface area contributed by atoms with Gasteiger partial charge in [-0.3, -0.25) is 9.59 Å². The minimum absolute atomic E-state index is 0.0781. The Balaban J connectivity index is 1.88. The van der Waals surface area contributed by atoms with Gasteiger partial charge in [0.1, 0.15) is 11.9 Å². The van der Waals surface area contributed by atoms with Crippen molar-refractivity contribution in [1.82, 2.24) is 10.6 Å². The highest BCUT2D eigenvalue weighted by molar-refractivity contribution is 5.90. The van der Waals surface area contributed by atoms with E-state index in [2.05, 4.69) is 10.6 Å². The minimum atomic E-state index is -0.485. The average Bonchev–Trinajstić information content (AvgIpc) is 2.65. The SMILES string of the molecule is C[C@H](CC(=O)N[C@H]1C(=O)NCC1(C)C)Cc1cccc(F)c1. The molecule has 0 aromatic heterocycles. The van der Waals surface area contributed by atoms with Crippen molar-refractivity contribution in [2.24, 2.45) is 11.3 Å². The van der Waals surface area contributed by atoms with E-state index in [-0.39, 0.29) is 29.0 Å². The molecule has 1 aromatic carbocycles. The van der Waals surface area contributed by atoms with Crippen molar-refractivity contribution < 1.29 is 14.0 Å². The molecule has 5 heteroatoms. The fraction of sp³-hybridized carbons (Fsp3) is 0.529. The van der Waals surface area contributed by atoms with Gasteiger partial charge in [-0.15, -0.1) is 0 Å². The molecule has 1 saturated heterocycles. The third kappa shape index (κ3) is 4.06. The highest BCUT2D eigenvalue weighted by Gasteiger charge is 2.42. The topological polar surface area (TPSA) is 58.2 Å². The van der Waals surface area contributed by atoms with Gasteiger partial charge in [0, 0.05) is 18.4 Å². The minimum Gasteiger partial charge on any atom is -0.354 e. The number of benzene rings is 1. The van der Waals surface area contributed by atoms with E-state index >= 15 is 0 Å². The summed E-state index contributed by atoms with van der Waals surface area (Å²) in [7, 11) is 0. The normalized spacial score (nSPS) is 21.3. The van der Waals surface area contributed by atoms with E-state index < -0.39 is 6.04 Å². The van der Waals surface area contributed by atoms with Crippen molar-refractivity contribution in [1.29, 1.82) is 0 Å². The van der Waals surface area contributed by atoms with Crippen LogP contribution in [0.2, 0.25) is 0 Å². The summed E-state index contributed by atoms with van der Waals surface area (Å²) >= 11 is 0. The predicted molar refractivity (Wildman–Crippen MR) is 82.6 cm³/mol. The smallest absolute Gasteiger partial charge is 0.243 e. The first-order valence-electron chi connectivity index (χ1n) is 7.59. The molecule has 0 unspecified atom stereocenters. The first-order valence-corrected chi connectivity index (χ1v) is 7.59. The zero-order chi connectivity index (χ0) is 16.3. The summed E-state index contributed by atoms with van der Waals surface area (Å²) in [6.45, 7) is 6.41. The fourth-order valence-electron chi connectivity index (χ4n) is 2.81. The molecular weight excluding hydrogens is 283 g/mol. The van der Waals surface area contributed by atoms with Crippen LogP contribution in [0.1, 0.15) is 32.8 Å². The molecule has 0 aliphatic carbocycles. The van der Waals surface area contributed by atoms with Crippen molar-refractivity contribution in [3.63, 3.8) is 0 Å². The quantitative estimate of drug-likeness (QED) is 0.874. The Labute approximate surface area is 130 Å². The first kappa shape index (κ1) is 16.5. The first-order chi connectivity index (χ1) is 10.3. The van der Waals surface area contributed by atoms with E-state index in [0.717, 1.165) is 5.56 Å². The molecule has 120 valence electrons. The van der Waals surface area contributed by atoms with E-state index in [9.17, 15) is 14.0 Å². The second-order valence-corrected chi connectivity index (χ2v) is 6.85. The molecule has 4 nitrogen and oxygen atoms in total. The molecule has 1 fully saturated rings. The maximum absolute atomic E-state index is 13.2. The molecule has 22 heavy (non-hydrogen) atoms. The number of halogens is 1. The summed E-state index contributed by atoms with van der Waals surface area (Å²) in [5, 5.41) is 5.59. The molecule has 0 saturated carbocycles. The molecule has 2 atom stereocenters. The highest BCUT2D eigenvalue weighted by Crippen LogP contribution is 2.25. The molecule has 2 rings (SSSR count). The number of carbonyl (C=O) groups is 2. The van der Waals surface area contributed by atoms with Crippen molar-refractivity contribution in [3.05, 3.63) is 35.6 Å². The Morgan fingerprint density at radius 1 is 1.50 bits per heavy atom. The lowest BCUT2D eigenvalue weighted by molar-refractivity contribution is -0.129. The van der Waals surface area contributed by atoms with Crippen LogP contribution >= 0.6 is 0 Å². The van der Waals surface area contributed by atoms with Gasteiger partial charge < -0.3 is 10.6 Å². The summed E-state index contributed by atoms with van der Waals surface area (Å²) in [5.74, 6) is -0.455. The third-order valence-electron chi connectivity index (χ3n) is 4.07. The molecule has 1 aromatic rings. The summed E-state index contributed by atoms with van der Waals surface area (Å²) in [6, 6.07) is 5.93. The predicted octanol–water partition coefficient (Wildman–Crippen LogP) is 2.04. The summed E-state index contributed by atoms with van der Waals surface area (Å²) in [5.41, 5.74) is 0.595. The Kier molecular flexibility index (Phi) is 4.84. The lowest BCUT2D eigenvalue weighted by Crippen LogP contribution is -2.47. The van der Waals surface area contributed by atoms with Gasteiger partial charge >= 0.3 is 0 Å². The fourth-order valence-corrected chi connectivity index (χ4v) is 2.81. The van der Waals surface area contributed by atoms with Crippen LogP contribution in [0.25, 0.3) is 0 Å². The zero-order valence-corrected chi connectivity index (χ0v) is 13.3. The van der Waals surface area contributed by atoms with Crippen LogP contribution in [0.3, 0.4) is 0 Å². The van der Waals surface area contributed by atoms with E-state index in [0.29, 0.717) is 19.4 Å². The van der Waals surface area contributed by atoms with Crippen LogP contribution in [0.5, 0.6) is 0 Å². The summed E-state index contributed by atoms with van der Waals surface area (Å²) in [4.78, 5) is 23.9. The molecule has 0 spiro atoms. The molecule has 2 N–H and O–H groups in total. The van der Waals surface area contributed by atoms with Gasteiger partial charge in [0.15, 0.2) is 0 Å². The van der Waals surface area contributed by atoms with Crippen LogP contribution in [-0.2, 0) is 16.0 Å². The molecule has 0 radical (unpaired) electrons. The number of carbonyl (C=O) groups excluding carboxylic acids is 2. The number of hydrogen-bond donors (Lipinski definition) is 2. The van der Waals surface area contributed by atoms with Crippen LogP contribution in [0, 0.1) is 17.2 Å². The largest absolute Gasteiger partial charge is 0.354 e. The van der Waals surface area contributed by atoms with Crippen molar-refractivity contribution in [2.75, 3.05) is 6.54 Å². The third-order valence-corrected chi connectivity index (χ3v) is 4.07. The van der Waals surface area contributed by atoms with Gasteiger partial charge in [-0.25, -0.2) is 4.39 Å². The van der Waals surface area contributed by atoms with Crippen LogP contribution in [0.4, 0.5) is 4.39 Å². The zero-order valence-electron chi connectivity index (χ0n) is 13.3. The van der Waals surface area contributed by atoms with E-state index in [1.165, 1.54) is 12.1 Å². The molecule has 0 bridgehead atoms. The number of hydrogen-bond acceptors (Lipinski definition) is 2. The van der Waals surface area contributed by atoms with Crippen LogP contribution < -0.4 is 10.6 Å². The summed E-state index contributed by atoms with van der Waals surface area (Å²) < 4.78 is 13.2. The summed E-state index contributed by atoms with van der Waals surface area (Å²) in [6.07, 6.45) is 0.946. The number of amides is 2. The van der Waals surface area contributed by atoms with Gasteiger partial charge in [-0.05, 0) is 30.0 Å². The average molecular weight is 306 g/mol. The van der Waals surface area contributed by atoms with Crippen LogP contribution in [0.15, 0.2) is 24.3 Å². The number of nitrogens with one attached hydrogen (secondary N) is 2.